The predicted octanol–water partition coefficient (Wildman–Crippen LogP) is 2.82. The fraction of sp³-hybridized carbons (Fsp3) is 0.550. The molecule has 0 saturated heterocycles. The second-order valence-electron chi connectivity index (χ2n) is 7.13. The predicted molar refractivity (Wildman–Crippen MR) is 98.7 cm³/mol. The van der Waals surface area contributed by atoms with E-state index in [0.29, 0.717) is 12.1 Å². The zero-order chi connectivity index (χ0) is 19.1. The number of hydrogen-bond donors (Lipinski definition) is 2. The van der Waals surface area contributed by atoms with Gasteiger partial charge in [0.05, 0.1) is 6.42 Å². The van der Waals surface area contributed by atoms with E-state index in [0.717, 1.165) is 31.2 Å². The van der Waals surface area contributed by atoms with Crippen molar-refractivity contribution in [2.75, 3.05) is 6.54 Å². The number of aliphatic carboxylic acids is 1. The van der Waals surface area contributed by atoms with E-state index in [9.17, 15) is 14.4 Å². The van der Waals surface area contributed by atoms with Crippen LogP contribution in [0.1, 0.15) is 61.9 Å². The first-order chi connectivity index (χ1) is 12.4. The Labute approximate surface area is 154 Å². The van der Waals surface area contributed by atoms with Crippen LogP contribution in [0.3, 0.4) is 0 Å². The van der Waals surface area contributed by atoms with Crippen molar-refractivity contribution in [2.45, 2.75) is 58.5 Å². The molecule has 0 radical (unpaired) electrons. The number of carbonyl (C=O) groups is 3. The fourth-order valence-corrected chi connectivity index (χ4v) is 3.26. The third-order valence-corrected chi connectivity index (χ3v) is 4.84. The number of carboxylic acids is 1. The molecule has 26 heavy (non-hydrogen) atoms. The van der Waals surface area contributed by atoms with Crippen LogP contribution in [0.15, 0.2) is 24.3 Å². The van der Waals surface area contributed by atoms with Crippen LogP contribution >= 0.6 is 0 Å². The van der Waals surface area contributed by atoms with Gasteiger partial charge in [0.25, 0.3) is 5.91 Å². The van der Waals surface area contributed by atoms with E-state index in [-0.39, 0.29) is 36.7 Å². The van der Waals surface area contributed by atoms with Crippen molar-refractivity contribution in [3.05, 3.63) is 35.4 Å². The van der Waals surface area contributed by atoms with Crippen LogP contribution in [0.2, 0.25) is 0 Å². The largest absolute Gasteiger partial charge is 0.481 e. The SMILES string of the molecule is CC(C)N(CCC(=O)O)C(=O)c1ccc(CNC(=O)C2CCCC2)cc1. The van der Waals surface area contributed by atoms with Gasteiger partial charge < -0.3 is 15.3 Å². The third kappa shape index (κ3) is 5.58. The van der Waals surface area contributed by atoms with E-state index < -0.39 is 5.97 Å². The smallest absolute Gasteiger partial charge is 0.305 e. The number of carbonyl (C=O) groups excluding carboxylic acids is 2. The van der Waals surface area contributed by atoms with E-state index in [1.807, 2.05) is 26.0 Å². The van der Waals surface area contributed by atoms with Crippen LogP contribution in [0.25, 0.3) is 0 Å². The zero-order valence-corrected chi connectivity index (χ0v) is 15.5. The molecule has 1 aliphatic carbocycles. The summed E-state index contributed by atoms with van der Waals surface area (Å²) in [5, 5.41) is 11.8. The second kappa shape index (κ2) is 9.36. The molecule has 6 nitrogen and oxygen atoms in total. The number of rotatable bonds is 8. The topological polar surface area (TPSA) is 86.7 Å². The highest BCUT2D eigenvalue weighted by Gasteiger charge is 2.22. The standard InChI is InChI=1S/C20H28N2O4/c1-14(2)22(12-11-18(23)24)20(26)17-9-7-15(8-10-17)13-21-19(25)16-5-3-4-6-16/h7-10,14,16H,3-6,11-13H2,1-2H3,(H,21,25)(H,23,24). The number of nitrogens with one attached hydrogen (secondary N) is 1. The monoisotopic (exact) mass is 360 g/mol. The first kappa shape index (κ1) is 19.9. The summed E-state index contributed by atoms with van der Waals surface area (Å²) in [6.07, 6.45) is 4.13. The highest BCUT2D eigenvalue weighted by atomic mass is 16.4. The highest BCUT2D eigenvalue weighted by molar-refractivity contribution is 5.94. The summed E-state index contributed by atoms with van der Waals surface area (Å²) in [6.45, 7) is 4.38. The summed E-state index contributed by atoms with van der Waals surface area (Å²) in [5.41, 5.74) is 1.46. The average molecular weight is 360 g/mol. The van der Waals surface area contributed by atoms with E-state index in [1.165, 1.54) is 0 Å². The Bertz CT molecular complexity index is 634. The van der Waals surface area contributed by atoms with Crippen LogP contribution in [-0.4, -0.2) is 40.4 Å². The Kier molecular flexibility index (Phi) is 7.18. The number of hydrogen-bond acceptors (Lipinski definition) is 3. The normalized spacial score (nSPS) is 14.4. The Hall–Kier alpha value is -2.37. The molecule has 0 aromatic heterocycles. The van der Waals surface area contributed by atoms with E-state index >= 15 is 0 Å². The highest BCUT2D eigenvalue weighted by Crippen LogP contribution is 2.24. The Morgan fingerprint density at radius 1 is 1.15 bits per heavy atom. The van der Waals surface area contributed by atoms with Gasteiger partial charge in [0.2, 0.25) is 5.91 Å². The molecule has 0 atom stereocenters. The maximum atomic E-state index is 12.6. The number of nitrogens with zero attached hydrogens (tertiary/aromatic N) is 1. The molecule has 0 aliphatic heterocycles. The number of amides is 2. The van der Waals surface area contributed by atoms with Crippen LogP contribution < -0.4 is 5.32 Å². The molecule has 1 aliphatic rings. The number of carboxylic acid groups (broad SMARTS) is 1. The van der Waals surface area contributed by atoms with Crippen LogP contribution in [0, 0.1) is 5.92 Å². The number of benzene rings is 1. The molecule has 0 spiro atoms. The maximum Gasteiger partial charge on any atom is 0.305 e. The van der Waals surface area contributed by atoms with Gasteiger partial charge in [-0.2, -0.15) is 0 Å². The molecule has 0 bridgehead atoms. The molecule has 142 valence electrons. The average Bonchev–Trinajstić information content (AvgIpc) is 3.14. The van der Waals surface area contributed by atoms with Gasteiger partial charge in [-0.05, 0) is 44.4 Å². The van der Waals surface area contributed by atoms with Crippen molar-refractivity contribution in [3.63, 3.8) is 0 Å². The van der Waals surface area contributed by atoms with Gasteiger partial charge in [0.1, 0.15) is 0 Å². The van der Waals surface area contributed by atoms with Crippen molar-refractivity contribution in [3.8, 4) is 0 Å². The molecule has 6 heteroatoms. The van der Waals surface area contributed by atoms with Crippen molar-refractivity contribution in [1.82, 2.24) is 10.2 Å². The van der Waals surface area contributed by atoms with Crippen molar-refractivity contribution in [2.24, 2.45) is 5.92 Å². The minimum atomic E-state index is -0.920. The van der Waals surface area contributed by atoms with Crippen LogP contribution in [0.4, 0.5) is 0 Å². The lowest BCUT2D eigenvalue weighted by molar-refractivity contribution is -0.137. The summed E-state index contributed by atoms with van der Waals surface area (Å²) in [4.78, 5) is 37.0. The maximum absolute atomic E-state index is 12.6. The Balaban J connectivity index is 1.93. The fourth-order valence-electron chi connectivity index (χ4n) is 3.26. The molecule has 1 aromatic carbocycles. The lowest BCUT2D eigenvalue weighted by atomic mass is 10.1. The molecule has 0 unspecified atom stereocenters. The Morgan fingerprint density at radius 3 is 2.31 bits per heavy atom. The minimum Gasteiger partial charge on any atom is -0.481 e. The van der Waals surface area contributed by atoms with Crippen LogP contribution in [-0.2, 0) is 16.1 Å². The quantitative estimate of drug-likeness (QED) is 0.746. The lowest BCUT2D eigenvalue weighted by Crippen LogP contribution is -2.38. The van der Waals surface area contributed by atoms with Gasteiger partial charge in [0, 0.05) is 30.6 Å². The first-order valence-electron chi connectivity index (χ1n) is 9.28. The third-order valence-electron chi connectivity index (χ3n) is 4.84. The van der Waals surface area contributed by atoms with Gasteiger partial charge in [-0.15, -0.1) is 0 Å². The molecular formula is C20H28N2O4. The van der Waals surface area contributed by atoms with Crippen molar-refractivity contribution < 1.29 is 19.5 Å². The molecule has 1 aromatic rings. The molecule has 2 amide bonds. The molecule has 0 heterocycles. The second-order valence-corrected chi connectivity index (χ2v) is 7.13. The van der Waals surface area contributed by atoms with Gasteiger partial charge in [0.15, 0.2) is 0 Å². The Morgan fingerprint density at radius 2 is 1.77 bits per heavy atom. The molecule has 2 rings (SSSR count). The van der Waals surface area contributed by atoms with Gasteiger partial charge in [-0.1, -0.05) is 25.0 Å². The molecule has 1 fully saturated rings. The minimum absolute atomic E-state index is 0.0742. The van der Waals surface area contributed by atoms with Crippen LogP contribution in [0.5, 0.6) is 0 Å². The molecular weight excluding hydrogens is 332 g/mol. The summed E-state index contributed by atoms with van der Waals surface area (Å²) >= 11 is 0. The lowest BCUT2D eigenvalue weighted by Gasteiger charge is -2.26. The first-order valence-corrected chi connectivity index (χ1v) is 9.28. The van der Waals surface area contributed by atoms with Crippen molar-refractivity contribution >= 4 is 17.8 Å². The van der Waals surface area contributed by atoms with E-state index in [2.05, 4.69) is 5.32 Å². The molecule has 2 N–H and O–H groups in total. The summed E-state index contributed by atoms with van der Waals surface area (Å²) < 4.78 is 0. The summed E-state index contributed by atoms with van der Waals surface area (Å²) in [5.74, 6) is -0.841. The zero-order valence-electron chi connectivity index (χ0n) is 15.5. The van der Waals surface area contributed by atoms with E-state index in [1.54, 1.807) is 17.0 Å². The van der Waals surface area contributed by atoms with Gasteiger partial charge >= 0.3 is 5.97 Å². The summed E-state index contributed by atoms with van der Waals surface area (Å²) in [6, 6.07) is 7.05. The van der Waals surface area contributed by atoms with Gasteiger partial charge in [-0.25, -0.2) is 0 Å². The summed E-state index contributed by atoms with van der Waals surface area (Å²) in [7, 11) is 0. The van der Waals surface area contributed by atoms with Gasteiger partial charge in [-0.3, -0.25) is 14.4 Å². The molecule has 1 saturated carbocycles. The van der Waals surface area contributed by atoms with E-state index in [4.69, 9.17) is 5.11 Å². The van der Waals surface area contributed by atoms with Crippen molar-refractivity contribution in [1.29, 1.82) is 0 Å².